The van der Waals surface area contributed by atoms with E-state index in [1.54, 1.807) is 55.6 Å². The van der Waals surface area contributed by atoms with Crippen molar-refractivity contribution < 1.29 is 9.53 Å². The van der Waals surface area contributed by atoms with E-state index in [0.29, 0.717) is 34.3 Å². The van der Waals surface area contributed by atoms with Crippen LogP contribution in [-0.4, -0.2) is 16.9 Å². The van der Waals surface area contributed by atoms with E-state index in [2.05, 4.69) is 15.6 Å². The molecule has 0 fully saturated rings. The number of carbonyl (C=O) groups excluding carboxylic acids is 1. The summed E-state index contributed by atoms with van der Waals surface area (Å²) in [5, 5.41) is 15.3. The van der Waals surface area contributed by atoms with Crippen LogP contribution in [0.25, 0.3) is 0 Å². The number of aromatic nitrogens is 1. The van der Waals surface area contributed by atoms with Crippen LogP contribution in [0.15, 0.2) is 66.9 Å². The number of rotatable bonds is 7. The maximum atomic E-state index is 12.4. The van der Waals surface area contributed by atoms with Crippen molar-refractivity contribution in [2.45, 2.75) is 19.6 Å². The molecule has 0 aliphatic carbocycles. The molecule has 3 aromatic rings. The molecule has 0 bridgehead atoms. The molecule has 146 valence electrons. The predicted molar refractivity (Wildman–Crippen MR) is 113 cm³/mol. The van der Waals surface area contributed by atoms with E-state index in [0.717, 1.165) is 5.69 Å². The molecule has 29 heavy (non-hydrogen) atoms. The zero-order valence-electron chi connectivity index (χ0n) is 15.7. The van der Waals surface area contributed by atoms with Crippen LogP contribution in [-0.2, 0) is 11.4 Å². The first-order chi connectivity index (χ1) is 14.0. The van der Waals surface area contributed by atoms with Crippen molar-refractivity contribution in [1.29, 1.82) is 5.26 Å². The number of hydrogen-bond donors (Lipinski definition) is 2. The van der Waals surface area contributed by atoms with Crippen LogP contribution in [0.4, 0.5) is 11.4 Å². The highest BCUT2D eigenvalue weighted by Gasteiger charge is 2.14. The number of amides is 1. The van der Waals surface area contributed by atoms with Gasteiger partial charge in [0.05, 0.1) is 22.3 Å². The topological polar surface area (TPSA) is 87.0 Å². The van der Waals surface area contributed by atoms with E-state index in [4.69, 9.17) is 21.6 Å². The standard InChI is InChI=1S/C22H19ClN4O2/c1-15(22(28)27-17-7-4-5-16(11-17)13-24)26-18-8-9-21(20(23)12-18)29-14-19-6-2-3-10-25-19/h2-12,15,26H,14H2,1H3,(H,27,28). The van der Waals surface area contributed by atoms with Crippen LogP contribution in [0, 0.1) is 11.3 Å². The third-order valence-electron chi connectivity index (χ3n) is 4.07. The second-order valence-corrected chi connectivity index (χ2v) is 6.71. The van der Waals surface area contributed by atoms with Crippen molar-refractivity contribution in [2.24, 2.45) is 0 Å². The molecular weight excluding hydrogens is 388 g/mol. The van der Waals surface area contributed by atoms with Crippen LogP contribution in [0.1, 0.15) is 18.2 Å². The van der Waals surface area contributed by atoms with Crippen LogP contribution in [0.3, 0.4) is 0 Å². The lowest BCUT2D eigenvalue weighted by Gasteiger charge is -2.16. The Hall–Kier alpha value is -3.56. The lowest BCUT2D eigenvalue weighted by Crippen LogP contribution is -2.31. The Morgan fingerprint density at radius 1 is 1.17 bits per heavy atom. The van der Waals surface area contributed by atoms with Gasteiger partial charge in [0, 0.05) is 17.6 Å². The number of carbonyl (C=O) groups is 1. The van der Waals surface area contributed by atoms with Crippen molar-refractivity contribution in [3.63, 3.8) is 0 Å². The summed E-state index contributed by atoms with van der Waals surface area (Å²) in [5.74, 6) is 0.306. The van der Waals surface area contributed by atoms with Gasteiger partial charge in [-0.15, -0.1) is 0 Å². The van der Waals surface area contributed by atoms with Crippen LogP contribution in [0.5, 0.6) is 5.75 Å². The van der Waals surface area contributed by atoms with E-state index in [1.165, 1.54) is 0 Å². The maximum absolute atomic E-state index is 12.4. The molecule has 2 N–H and O–H groups in total. The second-order valence-electron chi connectivity index (χ2n) is 6.30. The SMILES string of the molecule is CC(Nc1ccc(OCc2ccccn2)c(Cl)c1)C(=O)Nc1cccc(C#N)c1. The molecule has 7 heteroatoms. The number of halogens is 1. The largest absolute Gasteiger partial charge is 0.486 e. The number of pyridine rings is 1. The Labute approximate surface area is 174 Å². The molecule has 1 amide bonds. The van der Waals surface area contributed by atoms with Crippen molar-refractivity contribution >= 4 is 28.9 Å². The van der Waals surface area contributed by atoms with Crippen molar-refractivity contribution in [3.8, 4) is 11.8 Å². The molecule has 0 aliphatic heterocycles. The van der Waals surface area contributed by atoms with E-state index >= 15 is 0 Å². The lowest BCUT2D eigenvalue weighted by atomic mass is 10.2. The van der Waals surface area contributed by atoms with Gasteiger partial charge in [0.1, 0.15) is 18.4 Å². The van der Waals surface area contributed by atoms with Gasteiger partial charge in [-0.05, 0) is 55.5 Å². The molecule has 1 heterocycles. The van der Waals surface area contributed by atoms with Crippen LogP contribution in [0.2, 0.25) is 5.02 Å². The van der Waals surface area contributed by atoms with Gasteiger partial charge in [-0.25, -0.2) is 0 Å². The summed E-state index contributed by atoms with van der Waals surface area (Å²) < 4.78 is 5.70. The number of anilines is 2. The molecular formula is C22H19ClN4O2. The number of hydrogen-bond acceptors (Lipinski definition) is 5. The zero-order chi connectivity index (χ0) is 20.6. The van der Waals surface area contributed by atoms with Gasteiger partial charge in [0.25, 0.3) is 0 Å². The zero-order valence-corrected chi connectivity index (χ0v) is 16.5. The molecule has 0 saturated carbocycles. The van der Waals surface area contributed by atoms with E-state index < -0.39 is 6.04 Å². The quantitative estimate of drug-likeness (QED) is 0.597. The molecule has 2 aromatic carbocycles. The molecule has 1 atom stereocenters. The van der Waals surface area contributed by atoms with Crippen LogP contribution >= 0.6 is 11.6 Å². The first-order valence-corrected chi connectivity index (χ1v) is 9.33. The van der Waals surface area contributed by atoms with Crippen LogP contribution < -0.4 is 15.4 Å². The fraction of sp³-hybridized carbons (Fsp3) is 0.136. The number of nitrogens with one attached hydrogen (secondary N) is 2. The second kappa shape index (κ2) is 9.58. The van der Waals surface area contributed by atoms with Gasteiger partial charge in [-0.1, -0.05) is 23.7 Å². The molecule has 0 radical (unpaired) electrons. The highest BCUT2D eigenvalue weighted by Crippen LogP contribution is 2.28. The average molecular weight is 407 g/mol. The van der Waals surface area contributed by atoms with Gasteiger partial charge in [-0.2, -0.15) is 5.26 Å². The fourth-order valence-corrected chi connectivity index (χ4v) is 2.81. The Morgan fingerprint density at radius 3 is 2.76 bits per heavy atom. The molecule has 0 aliphatic rings. The highest BCUT2D eigenvalue weighted by molar-refractivity contribution is 6.32. The third-order valence-corrected chi connectivity index (χ3v) is 4.36. The first kappa shape index (κ1) is 20.2. The van der Waals surface area contributed by atoms with E-state index in [9.17, 15) is 4.79 Å². The molecule has 0 spiro atoms. The minimum absolute atomic E-state index is 0.230. The lowest BCUT2D eigenvalue weighted by molar-refractivity contribution is -0.116. The molecule has 0 saturated heterocycles. The maximum Gasteiger partial charge on any atom is 0.246 e. The van der Waals surface area contributed by atoms with Gasteiger partial charge < -0.3 is 15.4 Å². The van der Waals surface area contributed by atoms with Gasteiger partial charge in [-0.3, -0.25) is 9.78 Å². The number of ether oxygens (including phenoxy) is 1. The number of nitrogens with zero attached hydrogens (tertiary/aromatic N) is 2. The monoisotopic (exact) mass is 406 g/mol. The average Bonchev–Trinajstić information content (AvgIpc) is 2.74. The van der Waals surface area contributed by atoms with Gasteiger partial charge in [0.2, 0.25) is 5.91 Å². The third kappa shape index (κ3) is 5.71. The summed E-state index contributed by atoms with van der Waals surface area (Å²) in [6, 6.07) is 19.1. The Kier molecular flexibility index (Phi) is 6.67. The minimum Gasteiger partial charge on any atom is -0.486 e. The normalized spacial score (nSPS) is 11.2. The van der Waals surface area contributed by atoms with E-state index in [-0.39, 0.29) is 5.91 Å². The molecule has 6 nitrogen and oxygen atoms in total. The van der Waals surface area contributed by atoms with E-state index in [1.807, 2.05) is 24.3 Å². The summed E-state index contributed by atoms with van der Waals surface area (Å²) in [6.07, 6.45) is 1.70. The molecule has 1 aromatic heterocycles. The predicted octanol–water partition coefficient (Wildman–Crippen LogP) is 4.62. The Morgan fingerprint density at radius 2 is 2.03 bits per heavy atom. The van der Waals surface area contributed by atoms with Gasteiger partial charge in [0.15, 0.2) is 0 Å². The first-order valence-electron chi connectivity index (χ1n) is 8.95. The number of nitriles is 1. The molecule has 3 rings (SSSR count). The summed E-state index contributed by atoms with van der Waals surface area (Å²) in [6.45, 7) is 2.05. The Balaban J connectivity index is 1.58. The Bertz CT molecular complexity index is 1030. The summed E-state index contributed by atoms with van der Waals surface area (Å²) in [7, 11) is 0. The fourth-order valence-electron chi connectivity index (χ4n) is 2.58. The van der Waals surface area contributed by atoms with Crippen molar-refractivity contribution in [1.82, 2.24) is 4.98 Å². The summed E-state index contributed by atoms with van der Waals surface area (Å²) >= 11 is 6.31. The van der Waals surface area contributed by atoms with Crippen molar-refractivity contribution in [2.75, 3.05) is 10.6 Å². The number of benzene rings is 2. The van der Waals surface area contributed by atoms with Crippen molar-refractivity contribution in [3.05, 3.63) is 83.1 Å². The van der Waals surface area contributed by atoms with Gasteiger partial charge >= 0.3 is 0 Å². The minimum atomic E-state index is -0.517. The summed E-state index contributed by atoms with van der Waals surface area (Å²) in [4.78, 5) is 16.6. The molecule has 1 unspecified atom stereocenters. The summed E-state index contributed by atoms with van der Waals surface area (Å²) in [5.41, 5.74) is 2.54. The highest BCUT2D eigenvalue weighted by atomic mass is 35.5. The smallest absolute Gasteiger partial charge is 0.246 e.